The quantitative estimate of drug-likeness (QED) is 0.539. The molecule has 0 spiro atoms. The summed E-state index contributed by atoms with van der Waals surface area (Å²) < 4.78 is 0. The third-order valence-corrected chi connectivity index (χ3v) is 3.68. The molecule has 0 saturated carbocycles. The van der Waals surface area contributed by atoms with Crippen LogP contribution in [0.4, 0.5) is 0 Å². The number of hydrogen-bond acceptors (Lipinski definition) is 3. The van der Waals surface area contributed by atoms with Gasteiger partial charge in [-0.1, -0.05) is 36.4 Å². The van der Waals surface area contributed by atoms with Gasteiger partial charge in [0.1, 0.15) is 0 Å². The predicted octanol–water partition coefficient (Wildman–Crippen LogP) is 2.50. The Kier molecular flexibility index (Phi) is 8.02. The van der Waals surface area contributed by atoms with Crippen molar-refractivity contribution in [3.8, 4) is 0 Å². The lowest BCUT2D eigenvalue weighted by Gasteiger charge is -2.11. The van der Waals surface area contributed by atoms with Crippen LogP contribution in [-0.2, 0) is 4.79 Å². The number of amides is 1. The van der Waals surface area contributed by atoms with Crippen molar-refractivity contribution in [3.05, 3.63) is 48.6 Å². The second kappa shape index (κ2) is 9.64. The van der Waals surface area contributed by atoms with Crippen LogP contribution >= 0.6 is 11.8 Å². The van der Waals surface area contributed by atoms with Gasteiger partial charge in [-0.25, -0.2) is 0 Å². The van der Waals surface area contributed by atoms with Crippen molar-refractivity contribution in [2.75, 3.05) is 18.1 Å². The minimum absolute atomic E-state index is 0.0675. The van der Waals surface area contributed by atoms with E-state index in [4.69, 9.17) is 5.73 Å². The number of thioether (sulfide) groups is 1. The number of carbonyl (C=O) groups is 1. The van der Waals surface area contributed by atoms with Gasteiger partial charge in [0, 0.05) is 30.5 Å². The summed E-state index contributed by atoms with van der Waals surface area (Å²) in [6, 6.07) is 9.81. The third kappa shape index (κ3) is 7.03. The molecular formula is C15H22N2OS. The van der Waals surface area contributed by atoms with E-state index in [0.717, 1.165) is 17.1 Å². The molecule has 1 rings (SSSR count). The van der Waals surface area contributed by atoms with E-state index in [1.807, 2.05) is 36.4 Å². The van der Waals surface area contributed by atoms with Gasteiger partial charge in [0.15, 0.2) is 0 Å². The lowest BCUT2D eigenvalue weighted by atomic mass is 10.0. The van der Waals surface area contributed by atoms with Gasteiger partial charge in [-0.15, -0.1) is 6.58 Å². The highest BCUT2D eigenvalue weighted by Gasteiger charge is 2.08. The van der Waals surface area contributed by atoms with Gasteiger partial charge in [0.25, 0.3) is 0 Å². The smallest absolute Gasteiger partial charge is 0.220 e. The minimum atomic E-state index is -0.0675. The molecule has 0 fully saturated rings. The molecule has 0 aliphatic rings. The van der Waals surface area contributed by atoms with Crippen LogP contribution in [0.15, 0.2) is 43.0 Å². The Labute approximate surface area is 119 Å². The molecule has 3 N–H and O–H groups in total. The van der Waals surface area contributed by atoms with Gasteiger partial charge in [0.05, 0.1) is 0 Å². The summed E-state index contributed by atoms with van der Waals surface area (Å²) in [7, 11) is 0. The van der Waals surface area contributed by atoms with Crippen LogP contribution in [0.5, 0.6) is 0 Å². The molecule has 0 radical (unpaired) electrons. The summed E-state index contributed by atoms with van der Waals surface area (Å²) in [4.78, 5) is 11.6. The Hall–Kier alpha value is -1.26. The van der Waals surface area contributed by atoms with Crippen LogP contribution in [-0.4, -0.2) is 24.0 Å². The van der Waals surface area contributed by atoms with Crippen molar-refractivity contribution in [3.63, 3.8) is 0 Å². The molecule has 0 saturated heterocycles. The zero-order valence-electron chi connectivity index (χ0n) is 11.2. The van der Waals surface area contributed by atoms with E-state index >= 15 is 0 Å². The van der Waals surface area contributed by atoms with Gasteiger partial charge in [-0.05, 0) is 12.0 Å². The van der Waals surface area contributed by atoms with E-state index in [1.54, 1.807) is 11.8 Å². The lowest BCUT2D eigenvalue weighted by molar-refractivity contribution is -0.121. The first-order chi connectivity index (χ1) is 9.24. The molecule has 3 nitrogen and oxygen atoms in total. The maximum atomic E-state index is 11.6. The highest BCUT2D eigenvalue weighted by atomic mass is 32.2. The fraction of sp³-hybridized carbons (Fsp3) is 0.400. The molecule has 1 atom stereocenters. The first-order valence-corrected chi connectivity index (χ1v) is 7.65. The first-order valence-electron chi connectivity index (χ1n) is 6.50. The number of nitrogens with one attached hydrogen (secondary N) is 1. The van der Waals surface area contributed by atoms with E-state index in [9.17, 15) is 4.79 Å². The SMILES string of the molecule is C=CCSCCNC(=O)CCC(N)c1ccccc1. The van der Waals surface area contributed by atoms with Crippen molar-refractivity contribution in [2.24, 2.45) is 5.73 Å². The third-order valence-electron chi connectivity index (χ3n) is 2.71. The zero-order valence-corrected chi connectivity index (χ0v) is 12.0. The summed E-state index contributed by atoms with van der Waals surface area (Å²) in [6.07, 6.45) is 3.02. The van der Waals surface area contributed by atoms with Crippen LogP contribution < -0.4 is 11.1 Å². The predicted molar refractivity (Wildman–Crippen MR) is 83.1 cm³/mol. The van der Waals surface area contributed by atoms with Crippen molar-refractivity contribution in [1.82, 2.24) is 5.32 Å². The lowest BCUT2D eigenvalue weighted by Crippen LogP contribution is -2.26. The summed E-state index contributed by atoms with van der Waals surface area (Å²) in [6.45, 7) is 4.36. The highest BCUT2D eigenvalue weighted by molar-refractivity contribution is 7.99. The summed E-state index contributed by atoms with van der Waals surface area (Å²) in [5.74, 6) is 1.92. The summed E-state index contributed by atoms with van der Waals surface area (Å²) in [5, 5.41) is 2.90. The molecule has 1 unspecified atom stereocenters. The van der Waals surface area contributed by atoms with Crippen molar-refractivity contribution < 1.29 is 4.79 Å². The normalized spacial score (nSPS) is 11.8. The molecule has 1 amide bonds. The van der Waals surface area contributed by atoms with Crippen LogP contribution in [0, 0.1) is 0 Å². The largest absolute Gasteiger partial charge is 0.355 e. The highest BCUT2D eigenvalue weighted by Crippen LogP contribution is 2.14. The Morgan fingerprint density at radius 2 is 2.16 bits per heavy atom. The minimum Gasteiger partial charge on any atom is -0.355 e. The van der Waals surface area contributed by atoms with Gasteiger partial charge < -0.3 is 11.1 Å². The van der Waals surface area contributed by atoms with Gasteiger partial charge in [-0.2, -0.15) is 11.8 Å². The molecule has 104 valence electrons. The molecule has 1 aromatic carbocycles. The number of carbonyl (C=O) groups excluding carboxylic acids is 1. The average molecular weight is 278 g/mol. The fourth-order valence-corrected chi connectivity index (χ4v) is 2.25. The molecular weight excluding hydrogens is 256 g/mol. The molecule has 0 aliphatic heterocycles. The standard InChI is InChI=1S/C15H22N2OS/c1-2-11-19-12-10-17-15(18)9-8-14(16)13-6-4-3-5-7-13/h2-7,14H,1,8-12,16H2,(H,17,18). The first kappa shape index (κ1) is 15.8. The Morgan fingerprint density at radius 3 is 2.84 bits per heavy atom. The van der Waals surface area contributed by atoms with Crippen molar-refractivity contribution in [2.45, 2.75) is 18.9 Å². The van der Waals surface area contributed by atoms with E-state index < -0.39 is 0 Å². The number of hydrogen-bond donors (Lipinski definition) is 2. The number of rotatable bonds is 9. The van der Waals surface area contributed by atoms with Crippen molar-refractivity contribution in [1.29, 1.82) is 0 Å². The van der Waals surface area contributed by atoms with E-state index in [0.29, 0.717) is 19.4 Å². The van der Waals surface area contributed by atoms with Crippen LogP contribution in [0.1, 0.15) is 24.4 Å². The van der Waals surface area contributed by atoms with Gasteiger partial charge >= 0.3 is 0 Å². The van der Waals surface area contributed by atoms with E-state index in [2.05, 4.69) is 11.9 Å². The zero-order chi connectivity index (χ0) is 13.9. The maximum absolute atomic E-state index is 11.6. The molecule has 0 heterocycles. The van der Waals surface area contributed by atoms with Crippen LogP contribution in [0.25, 0.3) is 0 Å². The Bertz CT molecular complexity index is 381. The molecule has 19 heavy (non-hydrogen) atoms. The second-order valence-electron chi connectivity index (χ2n) is 4.27. The molecule has 0 aliphatic carbocycles. The Balaban J connectivity index is 2.14. The summed E-state index contributed by atoms with van der Waals surface area (Å²) >= 11 is 1.76. The second-order valence-corrected chi connectivity index (χ2v) is 5.42. The monoisotopic (exact) mass is 278 g/mol. The van der Waals surface area contributed by atoms with Crippen molar-refractivity contribution >= 4 is 17.7 Å². The van der Waals surface area contributed by atoms with Crippen LogP contribution in [0.3, 0.4) is 0 Å². The average Bonchev–Trinajstić information content (AvgIpc) is 2.45. The number of benzene rings is 1. The van der Waals surface area contributed by atoms with Gasteiger partial charge in [-0.3, -0.25) is 4.79 Å². The number of nitrogens with two attached hydrogens (primary N) is 1. The fourth-order valence-electron chi connectivity index (χ4n) is 1.67. The Morgan fingerprint density at radius 1 is 1.42 bits per heavy atom. The van der Waals surface area contributed by atoms with E-state index in [1.165, 1.54) is 0 Å². The molecule has 0 aromatic heterocycles. The maximum Gasteiger partial charge on any atom is 0.220 e. The summed E-state index contributed by atoms with van der Waals surface area (Å²) in [5.41, 5.74) is 7.12. The molecule has 1 aromatic rings. The topological polar surface area (TPSA) is 55.1 Å². The van der Waals surface area contributed by atoms with Gasteiger partial charge in [0.2, 0.25) is 5.91 Å². The van der Waals surface area contributed by atoms with E-state index in [-0.39, 0.29) is 11.9 Å². The molecule has 0 bridgehead atoms. The molecule has 4 heteroatoms. The van der Waals surface area contributed by atoms with Crippen LogP contribution in [0.2, 0.25) is 0 Å².